The number of rotatable bonds is 4. The van der Waals surface area contributed by atoms with Gasteiger partial charge in [0.25, 0.3) is 0 Å². The highest BCUT2D eigenvalue weighted by molar-refractivity contribution is 4.96. The van der Waals surface area contributed by atoms with Gasteiger partial charge in [0, 0.05) is 25.3 Å². The predicted octanol–water partition coefficient (Wildman–Crippen LogP) is 1.41. The predicted molar refractivity (Wildman–Crippen MR) is 56.3 cm³/mol. The highest BCUT2D eigenvalue weighted by Crippen LogP contribution is 2.21. The van der Waals surface area contributed by atoms with Gasteiger partial charge in [-0.1, -0.05) is 11.6 Å². The zero-order valence-corrected chi connectivity index (χ0v) is 8.93. The van der Waals surface area contributed by atoms with Gasteiger partial charge in [0.1, 0.15) is 6.26 Å². The zero-order valence-electron chi connectivity index (χ0n) is 8.93. The Morgan fingerprint density at radius 3 is 3.20 bits per heavy atom. The average Bonchev–Trinajstić information content (AvgIpc) is 2.74. The average molecular weight is 210 g/mol. The molecule has 2 heterocycles. The van der Waals surface area contributed by atoms with Crippen molar-refractivity contribution in [2.45, 2.75) is 38.3 Å². The summed E-state index contributed by atoms with van der Waals surface area (Å²) in [6, 6.07) is 2.42. The van der Waals surface area contributed by atoms with Gasteiger partial charge in [-0.05, 0) is 25.8 Å². The third kappa shape index (κ3) is 2.79. The number of aromatic nitrogens is 1. The molecule has 4 heteroatoms. The fraction of sp³-hybridized carbons (Fsp3) is 0.727. The van der Waals surface area contributed by atoms with E-state index in [1.807, 2.05) is 6.07 Å². The molecule has 15 heavy (non-hydrogen) atoms. The second kappa shape index (κ2) is 5.28. The molecular formula is C11H18N2O2. The van der Waals surface area contributed by atoms with Gasteiger partial charge in [-0.15, -0.1) is 0 Å². The molecule has 1 unspecified atom stereocenters. The molecule has 0 amide bonds. The van der Waals surface area contributed by atoms with E-state index in [2.05, 4.69) is 10.1 Å². The smallest absolute Gasteiger partial charge is 0.124 e. The number of piperidine rings is 1. The molecule has 2 rings (SSSR count). The van der Waals surface area contributed by atoms with Gasteiger partial charge in [0.15, 0.2) is 0 Å². The van der Waals surface area contributed by atoms with E-state index < -0.39 is 0 Å². The number of aliphatic hydroxyl groups excluding tert-OH is 1. The molecule has 1 aliphatic rings. The van der Waals surface area contributed by atoms with Crippen LogP contribution in [0.15, 0.2) is 16.9 Å². The lowest BCUT2D eigenvalue weighted by Crippen LogP contribution is -2.39. The molecular weight excluding hydrogens is 192 g/mol. The monoisotopic (exact) mass is 210 g/mol. The lowest BCUT2D eigenvalue weighted by Gasteiger charge is -2.34. The van der Waals surface area contributed by atoms with Crippen molar-refractivity contribution in [3.8, 4) is 0 Å². The summed E-state index contributed by atoms with van der Waals surface area (Å²) in [7, 11) is 0. The van der Waals surface area contributed by atoms with Gasteiger partial charge in [-0.25, -0.2) is 0 Å². The van der Waals surface area contributed by atoms with Gasteiger partial charge in [-0.2, -0.15) is 0 Å². The van der Waals surface area contributed by atoms with E-state index in [9.17, 15) is 0 Å². The summed E-state index contributed by atoms with van der Waals surface area (Å²) in [5, 5.41) is 12.9. The minimum atomic E-state index is 0.278. The third-order valence-electron chi connectivity index (χ3n) is 3.07. The molecule has 0 bridgehead atoms. The Morgan fingerprint density at radius 2 is 2.47 bits per heavy atom. The first kappa shape index (κ1) is 10.6. The van der Waals surface area contributed by atoms with Gasteiger partial charge >= 0.3 is 0 Å². The minimum Gasteiger partial charge on any atom is -0.396 e. The molecule has 1 aromatic rings. The summed E-state index contributed by atoms with van der Waals surface area (Å²) in [5.74, 6) is 0. The standard InChI is InChI=1S/C11H18N2O2/c14-7-4-11-3-1-2-6-13(11)9-10-5-8-15-12-10/h5,8,11,14H,1-4,6-7,9H2. The lowest BCUT2D eigenvalue weighted by atomic mass is 9.99. The van der Waals surface area contributed by atoms with Crippen LogP contribution in [-0.2, 0) is 6.54 Å². The lowest BCUT2D eigenvalue weighted by molar-refractivity contribution is 0.110. The Balaban J connectivity index is 1.92. The van der Waals surface area contributed by atoms with Gasteiger partial charge < -0.3 is 9.63 Å². The van der Waals surface area contributed by atoms with Crippen molar-refractivity contribution >= 4 is 0 Å². The molecule has 1 fully saturated rings. The number of likely N-dealkylation sites (tertiary alicyclic amines) is 1. The van der Waals surface area contributed by atoms with E-state index in [1.165, 1.54) is 19.3 Å². The maximum Gasteiger partial charge on any atom is 0.124 e. The van der Waals surface area contributed by atoms with Crippen LogP contribution < -0.4 is 0 Å². The van der Waals surface area contributed by atoms with Gasteiger partial charge in [-0.3, -0.25) is 4.90 Å². The summed E-state index contributed by atoms with van der Waals surface area (Å²) < 4.78 is 4.83. The van der Waals surface area contributed by atoms with Crippen molar-refractivity contribution in [1.82, 2.24) is 10.1 Å². The SMILES string of the molecule is OCCC1CCCCN1Cc1ccon1. The van der Waals surface area contributed by atoms with E-state index in [4.69, 9.17) is 9.63 Å². The van der Waals surface area contributed by atoms with Crippen LogP contribution in [-0.4, -0.2) is 34.4 Å². The van der Waals surface area contributed by atoms with Crippen LogP contribution in [0.25, 0.3) is 0 Å². The molecule has 0 aromatic carbocycles. The van der Waals surface area contributed by atoms with Gasteiger partial charge in [0.2, 0.25) is 0 Å². The largest absolute Gasteiger partial charge is 0.396 e. The molecule has 0 radical (unpaired) electrons. The Labute approximate surface area is 89.9 Å². The molecule has 4 nitrogen and oxygen atoms in total. The second-order valence-corrected chi connectivity index (χ2v) is 4.12. The summed E-state index contributed by atoms with van der Waals surface area (Å²) in [6.45, 7) is 2.23. The Hall–Kier alpha value is -0.870. The Kier molecular flexibility index (Phi) is 3.75. The van der Waals surface area contributed by atoms with E-state index in [-0.39, 0.29) is 6.61 Å². The highest BCUT2D eigenvalue weighted by atomic mass is 16.5. The van der Waals surface area contributed by atoms with Crippen LogP contribution in [0.3, 0.4) is 0 Å². The summed E-state index contributed by atoms with van der Waals surface area (Å²) in [4.78, 5) is 2.40. The first-order valence-electron chi connectivity index (χ1n) is 5.64. The molecule has 1 aliphatic heterocycles. The van der Waals surface area contributed by atoms with Crippen molar-refractivity contribution in [1.29, 1.82) is 0 Å². The summed E-state index contributed by atoms with van der Waals surface area (Å²) in [6.07, 6.45) is 6.20. The van der Waals surface area contributed by atoms with Crippen LogP contribution in [0, 0.1) is 0 Å². The van der Waals surface area contributed by atoms with Crippen molar-refractivity contribution in [2.75, 3.05) is 13.2 Å². The van der Waals surface area contributed by atoms with Crippen LogP contribution in [0.2, 0.25) is 0 Å². The van der Waals surface area contributed by atoms with Crippen molar-refractivity contribution in [2.24, 2.45) is 0 Å². The maximum absolute atomic E-state index is 9.00. The molecule has 1 aromatic heterocycles. The van der Waals surface area contributed by atoms with E-state index in [1.54, 1.807) is 6.26 Å². The first-order valence-corrected chi connectivity index (χ1v) is 5.64. The van der Waals surface area contributed by atoms with Crippen molar-refractivity contribution in [3.05, 3.63) is 18.0 Å². The highest BCUT2D eigenvalue weighted by Gasteiger charge is 2.22. The Morgan fingerprint density at radius 1 is 1.53 bits per heavy atom. The molecule has 0 aliphatic carbocycles. The molecule has 1 saturated heterocycles. The second-order valence-electron chi connectivity index (χ2n) is 4.12. The summed E-state index contributed by atoms with van der Waals surface area (Å²) >= 11 is 0. The molecule has 0 saturated carbocycles. The topological polar surface area (TPSA) is 49.5 Å². The Bertz CT molecular complexity index is 272. The van der Waals surface area contributed by atoms with Crippen LogP contribution in [0.4, 0.5) is 0 Å². The fourth-order valence-electron chi connectivity index (χ4n) is 2.27. The third-order valence-corrected chi connectivity index (χ3v) is 3.07. The van der Waals surface area contributed by atoms with Crippen LogP contribution >= 0.6 is 0 Å². The van der Waals surface area contributed by atoms with Crippen LogP contribution in [0.5, 0.6) is 0 Å². The normalized spacial score (nSPS) is 23.1. The van der Waals surface area contributed by atoms with E-state index in [0.717, 1.165) is 25.2 Å². The fourth-order valence-corrected chi connectivity index (χ4v) is 2.27. The molecule has 0 spiro atoms. The van der Waals surface area contributed by atoms with Gasteiger partial charge in [0.05, 0.1) is 5.69 Å². The van der Waals surface area contributed by atoms with Crippen LogP contribution in [0.1, 0.15) is 31.4 Å². The number of hydrogen-bond donors (Lipinski definition) is 1. The number of nitrogens with zero attached hydrogens (tertiary/aromatic N) is 2. The molecule has 84 valence electrons. The first-order chi connectivity index (χ1) is 7.40. The number of aliphatic hydroxyl groups is 1. The van der Waals surface area contributed by atoms with E-state index >= 15 is 0 Å². The van der Waals surface area contributed by atoms with E-state index in [0.29, 0.717) is 6.04 Å². The maximum atomic E-state index is 9.00. The quantitative estimate of drug-likeness (QED) is 0.816. The van der Waals surface area contributed by atoms with Crippen molar-refractivity contribution in [3.63, 3.8) is 0 Å². The molecule has 1 N–H and O–H groups in total. The molecule has 1 atom stereocenters. The minimum absolute atomic E-state index is 0.278. The zero-order chi connectivity index (χ0) is 10.5. The number of hydrogen-bond acceptors (Lipinski definition) is 4. The van der Waals surface area contributed by atoms with Crippen molar-refractivity contribution < 1.29 is 9.63 Å². The summed E-state index contributed by atoms with van der Waals surface area (Å²) in [5.41, 5.74) is 0.986.